The number of hydrogen-bond donors (Lipinski definition) is 4. The zero-order valence-electron chi connectivity index (χ0n) is 18.9. The fraction of sp³-hybridized carbons (Fsp3) is 0.348. The first kappa shape index (κ1) is 21.5. The first-order valence-electron chi connectivity index (χ1n) is 11.4. The van der Waals surface area contributed by atoms with E-state index in [1.807, 2.05) is 18.2 Å². The van der Waals surface area contributed by atoms with E-state index >= 15 is 0 Å². The second kappa shape index (κ2) is 8.01. The molecule has 4 aromatic rings. The largest absolute Gasteiger partial charge is 0.391 e. The molecular formula is C23H24FN9O2. The van der Waals surface area contributed by atoms with E-state index in [-0.39, 0.29) is 30.2 Å². The van der Waals surface area contributed by atoms with Gasteiger partial charge in [0.25, 0.3) is 0 Å². The van der Waals surface area contributed by atoms with Crippen LogP contribution in [0, 0.1) is 5.95 Å². The van der Waals surface area contributed by atoms with E-state index in [9.17, 15) is 14.3 Å². The fourth-order valence-electron chi connectivity index (χ4n) is 4.37. The molecule has 0 radical (unpaired) electrons. The van der Waals surface area contributed by atoms with Gasteiger partial charge >= 0.3 is 0 Å². The molecule has 2 fully saturated rings. The number of rotatable bonds is 6. The second-order valence-corrected chi connectivity index (χ2v) is 9.37. The summed E-state index contributed by atoms with van der Waals surface area (Å²) in [6.45, 7) is 2.39. The van der Waals surface area contributed by atoms with Crippen molar-refractivity contribution in [2.24, 2.45) is 0 Å². The molecule has 1 aliphatic carbocycles. The van der Waals surface area contributed by atoms with Crippen LogP contribution in [-0.2, 0) is 10.2 Å². The number of pyridine rings is 1. The maximum absolute atomic E-state index is 13.1. The Bertz CT molecular complexity index is 1400. The summed E-state index contributed by atoms with van der Waals surface area (Å²) in [5.74, 6) is 0.456. The number of halogens is 1. The van der Waals surface area contributed by atoms with Crippen LogP contribution in [0.2, 0.25) is 0 Å². The molecule has 0 aromatic carbocycles. The summed E-state index contributed by atoms with van der Waals surface area (Å²) in [4.78, 5) is 23.0. The zero-order chi connectivity index (χ0) is 24.2. The van der Waals surface area contributed by atoms with Crippen molar-refractivity contribution in [3.05, 3.63) is 54.4 Å². The van der Waals surface area contributed by atoms with Gasteiger partial charge in [-0.1, -0.05) is 6.92 Å². The number of anilines is 4. The second-order valence-electron chi connectivity index (χ2n) is 9.37. The molecule has 2 atom stereocenters. The van der Waals surface area contributed by atoms with Crippen molar-refractivity contribution >= 4 is 34.7 Å². The van der Waals surface area contributed by atoms with Crippen molar-refractivity contribution in [3.8, 4) is 0 Å². The Morgan fingerprint density at radius 3 is 2.94 bits per heavy atom. The minimum atomic E-state index is -0.731. The van der Waals surface area contributed by atoms with Crippen molar-refractivity contribution in [2.45, 2.75) is 43.7 Å². The maximum Gasteiger partial charge on any atom is 0.247 e. The number of aliphatic hydroxyl groups is 1. The Hall–Kier alpha value is -4.06. The summed E-state index contributed by atoms with van der Waals surface area (Å²) >= 11 is 0. The van der Waals surface area contributed by atoms with E-state index in [2.05, 4.69) is 37.8 Å². The number of H-pyrrole nitrogens is 1. The topological polar surface area (TPSA) is 136 Å². The summed E-state index contributed by atoms with van der Waals surface area (Å²) in [7, 11) is 0. The number of aromatic amines is 1. The lowest BCUT2D eigenvalue weighted by molar-refractivity contribution is -0.117. The lowest BCUT2D eigenvalue weighted by Crippen LogP contribution is -2.41. The number of fused-ring (bicyclic) bond motifs is 1. The highest BCUT2D eigenvalue weighted by atomic mass is 19.1. The molecule has 12 heteroatoms. The van der Waals surface area contributed by atoms with Crippen LogP contribution in [0.5, 0.6) is 0 Å². The Balaban J connectivity index is 1.29. The average Bonchev–Trinajstić information content (AvgIpc) is 3.23. The van der Waals surface area contributed by atoms with Crippen LogP contribution in [0.15, 0.2) is 42.7 Å². The van der Waals surface area contributed by atoms with E-state index < -0.39 is 18.1 Å². The number of amides is 1. The van der Waals surface area contributed by atoms with Crippen molar-refractivity contribution in [1.29, 1.82) is 0 Å². The van der Waals surface area contributed by atoms with Gasteiger partial charge in [-0.2, -0.15) is 14.5 Å². The van der Waals surface area contributed by atoms with Gasteiger partial charge in [0.2, 0.25) is 17.8 Å². The molecule has 2 aliphatic rings. The monoisotopic (exact) mass is 477 g/mol. The third-order valence-corrected chi connectivity index (χ3v) is 6.69. The Labute approximate surface area is 199 Å². The SMILES string of the molecule is CC1(c2cc(Nc3nc(N4C[C@@H](O)C[C@H]4C(=O)Nc4ccc(F)nc4)nn4cccc34)n[nH]2)CC1. The molecule has 11 nitrogen and oxygen atoms in total. The highest BCUT2D eigenvalue weighted by Crippen LogP contribution is 2.47. The molecule has 0 bridgehead atoms. The molecule has 35 heavy (non-hydrogen) atoms. The first-order valence-corrected chi connectivity index (χ1v) is 11.4. The molecule has 1 saturated carbocycles. The van der Waals surface area contributed by atoms with Crippen LogP contribution < -0.4 is 15.5 Å². The van der Waals surface area contributed by atoms with Crippen LogP contribution in [-0.4, -0.2) is 59.5 Å². The molecule has 1 aliphatic heterocycles. The summed E-state index contributed by atoms with van der Waals surface area (Å²) < 4.78 is 14.8. The molecule has 0 spiro atoms. The molecule has 1 amide bonds. The van der Waals surface area contributed by atoms with Crippen molar-refractivity contribution in [3.63, 3.8) is 0 Å². The summed E-state index contributed by atoms with van der Waals surface area (Å²) in [5, 5.41) is 28.4. The number of aliphatic hydroxyl groups excluding tert-OH is 1. The minimum Gasteiger partial charge on any atom is -0.391 e. The molecular weight excluding hydrogens is 453 g/mol. The summed E-state index contributed by atoms with van der Waals surface area (Å²) in [6.07, 6.45) is 4.77. The predicted molar refractivity (Wildman–Crippen MR) is 126 cm³/mol. The quantitative estimate of drug-likeness (QED) is 0.311. The van der Waals surface area contributed by atoms with Gasteiger partial charge in [-0.15, -0.1) is 5.10 Å². The molecule has 4 aromatic heterocycles. The fourth-order valence-corrected chi connectivity index (χ4v) is 4.37. The van der Waals surface area contributed by atoms with Gasteiger partial charge in [-0.3, -0.25) is 9.89 Å². The van der Waals surface area contributed by atoms with Crippen LogP contribution in [0.25, 0.3) is 5.52 Å². The number of nitrogens with one attached hydrogen (secondary N) is 3. The lowest BCUT2D eigenvalue weighted by atomic mass is 10.1. The molecule has 5 heterocycles. The van der Waals surface area contributed by atoms with E-state index in [0.29, 0.717) is 17.3 Å². The van der Waals surface area contributed by atoms with Gasteiger partial charge < -0.3 is 20.6 Å². The number of carbonyl (C=O) groups is 1. The predicted octanol–water partition coefficient (Wildman–Crippen LogP) is 2.36. The van der Waals surface area contributed by atoms with E-state index in [1.54, 1.807) is 15.6 Å². The van der Waals surface area contributed by atoms with E-state index in [1.165, 1.54) is 18.3 Å². The Morgan fingerprint density at radius 1 is 1.31 bits per heavy atom. The standard InChI is InChI=1S/C23H24FN9O2/c1-23(6-7-23)17-10-19(30-29-17)27-20-15-3-2-8-33(15)31-22(28-20)32-12-14(34)9-16(32)21(35)26-13-4-5-18(24)25-11-13/h2-5,8,10-11,14,16,34H,6-7,9,12H2,1H3,(H,26,35)(H2,27,28,29,30,31)/t14-,16-/m0/s1. The normalized spacial score (nSPS) is 20.8. The third-order valence-electron chi connectivity index (χ3n) is 6.69. The first-order chi connectivity index (χ1) is 16.9. The van der Waals surface area contributed by atoms with Crippen LogP contribution in [0.1, 0.15) is 31.9 Å². The van der Waals surface area contributed by atoms with Gasteiger partial charge in [-0.25, -0.2) is 9.50 Å². The summed E-state index contributed by atoms with van der Waals surface area (Å²) in [6, 6.07) is 7.60. The summed E-state index contributed by atoms with van der Waals surface area (Å²) in [5.41, 5.74) is 2.34. The molecule has 1 saturated heterocycles. The van der Waals surface area contributed by atoms with Crippen molar-refractivity contribution in [2.75, 3.05) is 22.1 Å². The number of β-amino-alcohol motifs (C(OH)–C–C–N with tert-alkyl or cyclic N) is 1. The smallest absolute Gasteiger partial charge is 0.247 e. The molecule has 4 N–H and O–H groups in total. The van der Waals surface area contributed by atoms with Gasteiger partial charge in [-0.05, 0) is 37.1 Å². The van der Waals surface area contributed by atoms with E-state index in [4.69, 9.17) is 4.98 Å². The van der Waals surface area contributed by atoms with Gasteiger partial charge in [0.05, 0.1) is 18.0 Å². The van der Waals surface area contributed by atoms with Gasteiger partial charge in [0.1, 0.15) is 11.6 Å². The minimum absolute atomic E-state index is 0.153. The highest BCUT2D eigenvalue weighted by Gasteiger charge is 2.41. The van der Waals surface area contributed by atoms with Gasteiger partial charge in [0.15, 0.2) is 11.6 Å². The van der Waals surface area contributed by atoms with Crippen molar-refractivity contribution < 1.29 is 14.3 Å². The van der Waals surface area contributed by atoms with Crippen LogP contribution in [0.4, 0.5) is 27.7 Å². The number of nitrogens with zero attached hydrogens (tertiary/aromatic N) is 6. The molecule has 0 unspecified atom stereocenters. The number of hydrogen-bond acceptors (Lipinski definition) is 8. The van der Waals surface area contributed by atoms with Crippen LogP contribution in [0.3, 0.4) is 0 Å². The molecule has 180 valence electrons. The van der Waals surface area contributed by atoms with Gasteiger partial charge in [0, 0.05) is 36.3 Å². The Kier molecular flexibility index (Phi) is 4.92. The average molecular weight is 478 g/mol. The van der Waals surface area contributed by atoms with Crippen LogP contribution >= 0.6 is 0 Å². The van der Waals surface area contributed by atoms with Crippen molar-refractivity contribution in [1.82, 2.24) is 29.8 Å². The number of aromatic nitrogens is 6. The lowest BCUT2D eigenvalue weighted by Gasteiger charge is -2.24. The maximum atomic E-state index is 13.1. The highest BCUT2D eigenvalue weighted by molar-refractivity contribution is 5.97. The zero-order valence-corrected chi connectivity index (χ0v) is 18.9. The molecule has 6 rings (SSSR count). The van der Waals surface area contributed by atoms with E-state index in [0.717, 1.165) is 24.1 Å². The number of carbonyl (C=O) groups excluding carboxylic acids is 1. The third kappa shape index (κ3) is 4.05. The Morgan fingerprint density at radius 2 is 2.17 bits per heavy atom.